The van der Waals surface area contributed by atoms with Gasteiger partial charge in [0.2, 0.25) is 0 Å². The van der Waals surface area contributed by atoms with Gasteiger partial charge in [-0.25, -0.2) is 4.39 Å². The minimum atomic E-state index is -0.613. The number of hydrogen-bond donors (Lipinski definition) is 2. The van der Waals surface area contributed by atoms with Crippen molar-refractivity contribution in [2.24, 2.45) is 0 Å². The molecule has 1 aromatic carbocycles. The van der Waals surface area contributed by atoms with E-state index < -0.39 is 5.82 Å². The molecule has 1 fully saturated rings. The molecule has 0 radical (unpaired) electrons. The second-order valence-corrected chi connectivity index (χ2v) is 3.81. The van der Waals surface area contributed by atoms with E-state index in [4.69, 9.17) is 5.11 Å². The van der Waals surface area contributed by atoms with Crippen LogP contribution in [0.3, 0.4) is 0 Å². The highest BCUT2D eigenvalue weighted by atomic mass is 19.1. The number of hydrogen-bond acceptors (Lipinski definition) is 3. The van der Waals surface area contributed by atoms with Gasteiger partial charge < -0.3 is 15.1 Å². The van der Waals surface area contributed by atoms with E-state index in [1.54, 1.807) is 6.07 Å². The number of phenols is 1. The van der Waals surface area contributed by atoms with E-state index in [0.717, 1.165) is 25.1 Å². The maximum atomic E-state index is 12.8. The SMILES string of the molecule is OCC1CCCN1c1ccc(F)c(O)c1. The number of rotatable bonds is 2. The molecule has 1 saturated heterocycles. The van der Waals surface area contributed by atoms with Crippen LogP contribution in [0.15, 0.2) is 18.2 Å². The molecule has 0 spiro atoms. The van der Waals surface area contributed by atoms with Crippen molar-refractivity contribution in [3.63, 3.8) is 0 Å². The number of aliphatic hydroxyl groups excluding tert-OH is 1. The molecule has 4 heteroatoms. The van der Waals surface area contributed by atoms with Gasteiger partial charge in [0.25, 0.3) is 0 Å². The molecular weight excluding hydrogens is 197 g/mol. The van der Waals surface area contributed by atoms with Crippen molar-refractivity contribution in [3.8, 4) is 5.75 Å². The standard InChI is InChI=1S/C11H14FNO2/c12-10-4-3-8(6-11(10)15)13-5-1-2-9(13)7-14/h3-4,6,9,14-15H,1-2,5,7H2. The molecule has 1 aromatic rings. The van der Waals surface area contributed by atoms with Crippen LogP contribution >= 0.6 is 0 Å². The van der Waals surface area contributed by atoms with Crippen LogP contribution in [0.25, 0.3) is 0 Å². The van der Waals surface area contributed by atoms with Crippen molar-refractivity contribution in [1.82, 2.24) is 0 Å². The van der Waals surface area contributed by atoms with Gasteiger partial charge in [-0.1, -0.05) is 0 Å². The number of anilines is 1. The van der Waals surface area contributed by atoms with E-state index in [2.05, 4.69) is 0 Å². The first kappa shape index (κ1) is 10.2. The summed E-state index contributed by atoms with van der Waals surface area (Å²) >= 11 is 0. The Bertz CT molecular complexity index is 356. The summed E-state index contributed by atoms with van der Waals surface area (Å²) in [7, 11) is 0. The lowest BCUT2D eigenvalue weighted by atomic mass is 10.2. The highest BCUT2D eigenvalue weighted by Crippen LogP contribution is 2.29. The molecule has 1 atom stereocenters. The molecular formula is C11H14FNO2. The Hall–Kier alpha value is -1.29. The van der Waals surface area contributed by atoms with Gasteiger partial charge in [-0.15, -0.1) is 0 Å². The van der Waals surface area contributed by atoms with Gasteiger partial charge in [0.15, 0.2) is 11.6 Å². The van der Waals surface area contributed by atoms with E-state index in [9.17, 15) is 9.50 Å². The third-order valence-electron chi connectivity index (χ3n) is 2.85. The lowest BCUT2D eigenvalue weighted by Crippen LogP contribution is -2.31. The van der Waals surface area contributed by atoms with Gasteiger partial charge in [-0.2, -0.15) is 0 Å². The second kappa shape index (κ2) is 4.06. The molecule has 2 N–H and O–H groups in total. The maximum absolute atomic E-state index is 12.8. The van der Waals surface area contributed by atoms with Crippen LogP contribution < -0.4 is 4.90 Å². The quantitative estimate of drug-likeness (QED) is 0.779. The Labute approximate surface area is 87.8 Å². The summed E-state index contributed by atoms with van der Waals surface area (Å²) in [6.45, 7) is 0.939. The Kier molecular flexibility index (Phi) is 2.77. The highest BCUT2D eigenvalue weighted by Gasteiger charge is 2.24. The molecule has 82 valence electrons. The molecule has 3 nitrogen and oxygen atoms in total. The lowest BCUT2D eigenvalue weighted by molar-refractivity contribution is 0.266. The zero-order chi connectivity index (χ0) is 10.8. The number of aromatic hydroxyl groups is 1. The first-order chi connectivity index (χ1) is 7.22. The van der Waals surface area contributed by atoms with Crippen LogP contribution in [0.1, 0.15) is 12.8 Å². The molecule has 0 bridgehead atoms. The summed E-state index contributed by atoms with van der Waals surface area (Å²) in [5.41, 5.74) is 0.769. The Morgan fingerprint density at radius 1 is 1.47 bits per heavy atom. The van der Waals surface area contributed by atoms with Crippen LogP contribution in [0, 0.1) is 5.82 Å². The largest absolute Gasteiger partial charge is 0.505 e. The van der Waals surface area contributed by atoms with Crippen molar-refractivity contribution in [3.05, 3.63) is 24.0 Å². The molecule has 15 heavy (non-hydrogen) atoms. The number of aliphatic hydroxyl groups is 1. The summed E-state index contributed by atoms with van der Waals surface area (Å²) in [5, 5.41) is 18.4. The lowest BCUT2D eigenvalue weighted by Gasteiger charge is -2.25. The zero-order valence-corrected chi connectivity index (χ0v) is 8.36. The van der Waals surface area contributed by atoms with Crippen molar-refractivity contribution >= 4 is 5.69 Å². The van der Waals surface area contributed by atoms with Crippen LogP contribution in [0.5, 0.6) is 5.75 Å². The zero-order valence-electron chi connectivity index (χ0n) is 8.36. The smallest absolute Gasteiger partial charge is 0.164 e. The Balaban J connectivity index is 2.25. The minimum absolute atomic E-state index is 0.0925. The van der Waals surface area contributed by atoms with Crippen molar-refractivity contribution < 1.29 is 14.6 Å². The first-order valence-corrected chi connectivity index (χ1v) is 5.08. The van der Waals surface area contributed by atoms with E-state index in [0.29, 0.717) is 0 Å². The summed E-state index contributed by atoms with van der Waals surface area (Å²) < 4.78 is 12.8. The fourth-order valence-corrected chi connectivity index (χ4v) is 2.05. The molecule has 0 aliphatic carbocycles. The van der Waals surface area contributed by atoms with Crippen molar-refractivity contribution in [2.45, 2.75) is 18.9 Å². The van der Waals surface area contributed by atoms with Crippen molar-refractivity contribution in [1.29, 1.82) is 0 Å². The van der Waals surface area contributed by atoms with E-state index in [1.165, 1.54) is 12.1 Å². The van der Waals surface area contributed by atoms with E-state index >= 15 is 0 Å². The summed E-state index contributed by atoms with van der Waals surface area (Å²) in [4.78, 5) is 2.00. The minimum Gasteiger partial charge on any atom is -0.505 e. The molecule has 0 aromatic heterocycles. The molecule has 0 amide bonds. The highest BCUT2D eigenvalue weighted by molar-refractivity contribution is 5.52. The topological polar surface area (TPSA) is 43.7 Å². The normalized spacial score (nSPS) is 20.9. The predicted octanol–water partition coefficient (Wildman–Crippen LogP) is 1.49. The first-order valence-electron chi connectivity index (χ1n) is 5.08. The summed E-state index contributed by atoms with van der Waals surface area (Å²) in [6, 6.07) is 4.37. The fraction of sp³-hybridized carbons (Fsp3) is 0.455. The van der Waals surface area contributed by atoms with E-state index in [1.807, 2.05) is 4.90 Å². The molecule has 1 heterocycles. The third-order valence-corrected chi connectivity index (χ3v) is 2.85. The molecule has 1 unspecified atom stereocenters. The van der Waals surface area contributed by atoms with Gasteiger partial charge in [0.05, 0.1) is 12.6 Å². The Morgan fingerprint density at radius 3 is 2.93 bits per heavy atom. The third kappa shape index (κ3) is 1.90. The van der Waals surface area contributed by atoms with E-state index in [-0.39, 0.29) is 18.4 Å². The van der Waals surface area contributed by atoms with Gasteiger partial charge >= 0.3 is 0 Å². The number of halogens is 1. The average molecular weight is 211 g/mol. The number of phenolic OH excluding ortho intramolecular Hbond substituents is 1. The molecule has 2 rings (SSSR count). The van der Waals surface area contributed by atoms with Crippen molar-refractivity contribution in [2.75, 3.05) is 18.1 Å². The molecule has 0 saturated carbocycles. The van der Waals surface area contributed by atoms with Gasteiger partial charge in [0.1, 0.15) is 0 Å². The fourth-order valence-electron chi connectivity index (χ4n) is 2.05. The van der Waals surface area contributed by atoms with Crippen LogP contribution in [0.4, 0.5) is 10.1 Å². The maximum Gasteiger partial charge on any atom is 0.164 e. The summed E-state index contributed by atoms with van der Waals surface area (Å²) in [6.07, 6.45) is 1.96. The molecule has 1 aliphatic heterocycles. The van der Waals surface area contributed by atoms with Gasteiger partial charge in [-0.3, -0.25) is 0 Å². The van der Waals surface area contributed by atoms with Crippen LogP contribution in [-0.4, -0.2) is 29.4 Å². The number of benzene rings is 1. The van der Waals surface area contributed by atoms with Gasteiger partial charge in [0, 0.05) is 18.3 Å². The second-order valence-electron chi connectivity index (χ2n) is 3.81. The summed E-state index contributed by atoms with van der Waals surface area (Å²) in [5.74, 6) is -0.949. The van der Waals surface area contributed by atoms with Crippen LogP contribution in [-0.2, 0) is 0 Å². The monoisotopic (exact) mass is 211 g/mol. The van der Waals surface area contributed by atoms with Crippen LogP contribution in [0.2, 0.25) is 0 Å². The number of nitrogens with zero attached hydrogens (tertiary/aromatic N) is 1. The molecule has 1 aliphatic rings. The Morgan fingerprint density at radius 2 is 2.27 bits per heavy atom. The average Bonchev–Trinajstić information content (AvgIpc) is 2.70. The van der Waals surface area contributed by atoms with Gasteiger partial charge in [-0.05, 0) is 25.0 Å². The predicted molar refractivity (Wildman–Crippen MR) is 55.5 cm³/mol.